The van der Waals surface area contributed by atoms with Gasteiger partial charge in [0.1, 0.15) is 5.75 Å². The van der Waals surface area contributed by atoms with E-state index >= 15 is 0 Å². The minimum absolute atomic E-state index is 0.0574. The number of alkyl halides is 2. The summed E-state index contributed by atoms with van der Waals surface area (Å²) in [5.41, 5.74) is 2.20. The zero-order chi connectivity index (χ0) is 15.2. The van der Waals surface area contributed by atoms with Crippen molar-refractivity contribution in [3.63, 3.8) is 0 Å². The molecule has 0 saturated carbocycles. The van der Waals surface area contributed by atoms with Gasteiger partial charge < -0.3 is 10.1 Å². The molecule has 0 fully saturated rings. The van der Waals surface area contributed by atoms with E-state index in [1.165, 1.54) is 12.1 Å². The van der Waals surface area contributed by atoms with Crippen LogP contribution in [0.4, 0.5) is 8.78 Å². The Bertz CT molecular complexity index is 552. The number of hydrogen-bond donors (Lipinski definition) is 1. The first kappa shape index (κ1) is 15.4. The van der Waals surface area contributed by atoms with Gasteiger partial charge in [-0.1, -0.05) is 36.4 Å². The highest BCUT2D eigenvalue weighted by atomic mass is 19.3. The van der Waals surface area contributed by atoms with Gasteiger partial charge >= 0.3 is 0 Å². The molecular weight excluding hydrogens is 272 g/mol. The number of nitrogens with one attached hydrogen (secondary N) is 1. The molecule has 0 radical (unpaired) electrons. The van der Waals surface area contributed by atoms with Gasteiger partial charge in [-0.2, -0.15) is 0 Å². The first-order valence-corrected chi connectivity index (χ1v) is 6.84. The van der Waals surface area contributed by atoms with Gasteiger partial charge in [-0.25, -0.2) is 8.78 Å². The van der Waals surface area contributed by atoms with Gasteiger partial charge in [0, 0.05) is 18.2 Å². The predicted molar refractivity (Wildman–Crippen MR) is 79.6 cm³/mol. The van der Waals surface area contributed by atoms with E-state index in [9.17, 15) is 8.78 Å². The number of methoxy groups -OCH3 is 1. The van der Waals surface area contributed by atoms with Crippen LogP contribution >= 0.6 is 0 Å². The monoisotopic (exact) mass is 291 g/mol. The molecular formula is C17H19F2NO. The van der Waals surface area contributed by atoms with Crippen LogP contribution in [0.25, 0.3) is 0 Å². The molecule has 0 bridgehead atoms. The Balaban J connectivity index is 1.92. The van der Waals surface area contributed by atoms with Crippen LogP contribution in [0.5, 0.6) is 5.75 Å². The van der Waals surface area contributed by atoms with Crippen molar-refractivity contribution in [1.29, 1.82) is 0 Å². The summed E-state index contributed by atoms with van der Waals surface area (Å²) in [6.07, 6.45) is -2.41. The van der Waals surface area contributed by atoms with Crippen molar-refractivity contribution in [2.75, 3.05) is 7.11 Å². The summed E-state index contributed by atoms with van der Waals surface area (Å²) in [6.45, 7) is 2.70. The first-order valence-electron chi connectivity index (χ1n) is 6.84. The minimum Gasteiger partial charge on any atom is -0.497 e. The Morgan fingerprint density at radius 3 is 2.05 bits per heavy atom. The second kappa shape index (κ2) is 7.18. The summed E-state index contributed by atoms with van der Waals surface area (Å²) in [5.74, 6) is 0.827. The predicted octanol–water partition coefficient (Wildman–Crippen LogP) is 4.48. The number of ether oxygens (including phenoxy) is 1. The van der Waals surface area contributed by atoms with Crippen LogP contribution in [0.1, 0.15) is 36.1 Å². The highest BCUT2D eigenvalue weighted by Crippen LogP contribution is 2.20. The van der Waals surface area contributed by atoms with Crippen LogP contribution in [0.3, 0.4) is 0 Å². The van der Waals surface area contributed by atoms with E-state index in [1.807, 2.05) is 24.3 Å². The van der Waals surface area contributed by atoms with Crippen LogP contribution in [0.15, 0.2) is 48.5 Å². The first-order chi connectivity index (χ1) is 10.1. The average molecular weight is 291 g/mol. The van der Waals surface area contributed by atoms with E-state index in [0.29, 0.717) is 6.54 Å². The molecule has 2 aromatic rings. The zero-order valence-electron chi connectivity index (χ0n) is 12.1. The van der Waals surface area contributed by atoms with Crippen molar-refractivity contribution in [3.8, 4) is 5.75 Å². The fourth-order valence-corrected chi connectivity index (χ4v) is 2.06. The third kappa shape index (κ3) is 4.26. The third-order valence-corrected chi connectivity index (χ3v) is 3.46. The average Bonchev–Trinajstić information content (AvgIpc) is 2.53. The number of rotatable bonds is 6. The van der Waals surface area contributed by atoms with Gasteiger partial charge in [-0.3, -0.25) is 0 Å². The van der Waals surface area contributed by atoms with E-state index < -0.39 is 6.43 Å². The summed E-state index contributed by atoms with van der Waals surface area (Å²) in [7, 11) is 1.64. The topological polar surface area (TPSA) is 21.3 Å². The summed E-state index contributed by atoms with van der Waals surface area (Å²) in [5, 5.41) is 3.37. The Morgan fingerprint density at radius 1 is 0.952 bits per heavy atom. The van der Waals surface area contributed by atoms with Crippen molar-refractivity contribution in [3.05, 3.63) is 65.2 Å². The molecule has 0 unspecified atom stereocenters. The highest BCUT2D eigenvalue weighted by molar-refractivity contribution is 5.29. The van der Waals surface area contributed by atoms with E-state index in [1.54, 1.807) is 19.2 Å². The normalized spacial score (nSPS) is 12.4. The molecule has 0 saturated heterocycles. The molecule has 1 N–H and O–H groups in total. The Morgan fingerprint density at radius 2 is 1.52 bits per heavy atom. The SMILES string of the molecule is COc1ccc([C@@H](C)NCc2ccc(C(F)F)cc2)cc1. The molecule has 0 aromatic heterocycles. The fraction of sp³-hybridized carbons (Fsp3) is 0.294. The Kier molecular flexibility index (Phi) is 5.28. The molecule has 0 spiro atoms. The Hall–Kier alpha value is -1.94. The summed E-state index contributed by atoms with van der Waals surface area (Å²) >= 11 is 0. The third-order valence-electron chi connectivity index (χ3n) is 3.46. The fourth-order valence-electron chi connectivity index (χ4n) is 2.06. The molecule has 2 aromatic carbocycles. The zero-order valence-corrected chi connectivity index (χ0v) is 12.1. The molecule has 1 atom stereocenters. The summed E-state index contributed by atoms with van der Waals surface area (Å²) in [4.78, 5) is 0. The molecule has 4 heteroatoms. The van der Waals surface area contributed by atoms with Crippen molar-refractivity contribution in [2.45, 2.75) is 25.9 Å². The van der Waals surface area contributed by atoms with Crippen LogP contribution in [-0.2, 0) is 6.54 Å². The molecule has 0 aliphatic heterocycles. The van der Waals surface area contributed by atoms with E-state index in [0.717, 1.165) is 16.9 Å². The van der Waals surface area contributed by atoms with Crippen molar-refractivity contribution in [2.24, 2.45) is 0 Å². The largest absolute Gasteiger partial charge is 0.497 e. The lowest BCUT2D eigenvalue weighted by Gasteiger charge is -2.15. The molecule has 0 aliphatic rings. The van der Waals surface area contributed by atoms with E-state index in [-0.39, 0.29) is 11.6 Å². The lowest BCUT2D eigenvalue weighted by Crippen LogP contribution is -2.18. The van der Waals surface area contributed by atoms with Gasteiger partial charge in [0.05, 0.1) is 7.11 Å². The van der Waals surface area contributed by atoms with Gasteiger partial charge in [0.2, 0.25) is 0 Å². The number of hydrogen-bond acceptors (Lipinski definition) is 2. The van der Waals surface area contributed by atoms with Crippen molar-refractivity contribution >= 4 is 0 Å². The molecule has 2 nitrogen and oxygen atoms in total. The highest BCUT2D eigenvalue weighted by Gasteiger charge is 2.07. The van der Waals surface area contributed by atoms with Crippen LogP contribution in [0, 0.1) is 0 Å². The van der Waals surface area contributed by atoms with Gasteiger partial charge in [0.25, 0.3) is 6.43 Å². The van der Waals surface area contributed by atoms with Crippen LogP contribution in [-0.4, -0.2) is 7.11 Å². The van der Waals surface area contributed by atoms with Gasteiger partial charge in [-0.15, -0.1) is 0 Å². The second-order valence-electron chi connectivity index (χ2n) is 4.92. The Labute approximate surface area is 123 Å². The molecule has 0 aliphatic carbocycles. The maximum absolute atomic E-state index is 12.5. The smallest absolute Gasteiger partial charge is 0.263 e. The van der Waals surface area contributed by atoms with Crippen LogP contribution < -0.4 is 10.1 Å². The lowest BCUT2D eigenvalue weighted by atomic mass is 10.1. The van der Waals surface area contributed by atoms with Gasteiger partial charge in [-0.05, 0) is 30.2 Å². The summed E-state index contributed by atoms with van der Waals surface area (Å²) in [6, 6.07) is 14.4. The van der Waals surface area contributed by atoms with Crippen molar-refractivity contribution < 1.29 is 13.5 Å². The van der Waals surface area contributed by atoms with Crippen LogP contribution in [0.2, 0.25) is 0 Å². The lowest BCUT2D eigenvalue weighted by molar-refractivity contribution is 0.151. The molecule has 2 rings (SSSR count). The maximum Gasteiger partial charge on any atom is 0.263 e. The minimum atomic E-state index is -2.41. The summed E-state index contributed by atoms with van der Waals surface area (Å²) < 4.78 is 30.1. The van der Waals surface area contributed by atoms with Crippen molar-refractivity contribution in [1.82, 2.24) is 5.32 Å². The molecule has 0 heterocycles. The van der Waals surface area contributed by atoms with E-state index in [2.05, 4.69) is 12.2 Å². The standard InChI is InChI=1S/C17H19F2NO/c1-12(14-7-9-16(21-2)10-8-14)20-11-13-3-5-15(6-4-13)17(18)19/h3-10,12,17,20H,11H2,1-2H3/t12-/m1/s1. The number of halogens is 2. The second-order valence-corrected chi connectivity index (χ2v) is 4.92. The molecule has 112 valence electrons. The van der Waals surface area contributed by atoms with Gasteiger partial charge in [0.15, 0.2) is 0 Å². The molecule has 21 heavy (non-hydrogen) atoms. The quantitative estimate of drug-likeness (QED) is 0.847. The maximum atomic E-state index is 12.5. The van der Waals surface area contributed by atoms with E-state index in [4.69, 9.17) is 4.74 Å². The molecule has 0 amide bonds. The number of benzene rings is 2.